The zero-order valence-corrected chi connectivity index (χ0v) is 10.3. The number of carbonyl (C=O) groups is 1. The van der Waals surface area contributed by atoms with Crippen LogP contribution in [0.1, 0.15) is 30.4 Å². The molecule has 0 radical (unpaired) electrons. The molecule has 0 spiro atoms. The first-order valence-electron chi connectivity index (χ1n) is 5.93. The SMILES string of the molecule is Cc1cc(N)c(NC2=CC(=O)CCC2)cc1C. The van der Waals surface area contributed by atoms with Gasteiger partial charge in [0.25, 0.3) is 0 Å². The van der Waals surface area contributed by atoms with Gasteiger partial charge in [0, 0.05) is 18.2 Å². The summed E-state index contributed by atoms with van der Waals surface area (Å²) in [6, 6.07) is 3.99. The van der Waals surface area contributed by atoms with Crippen LogP contribution in [-0.4, -0.2) is 5.78 Å². The van der Waals surface area contributed by atoms with Crippen molar-refractivity contribution >= 4 is 17.2 Å². The average molecular weight is 230 g/mol. The molecule has 2 rings (SSSR count). The van der Waals surface area contributed by atoms with E-state index in [4.69, 9.17) is 5.73 Å². The highest BCUT2D eigenvalue weighted by atomic mass is 16.1. The minimum absolute atomic E-state index is 0.196. The Hall–Kier alpha value is -1.77. The monoisotopic (exact) mass is 230 g/mol. The third-order valence-corrected chi connectivity index (χ3v) is 3.17. The number of benzene rings is 1. The van der Waals surface area contributed by atoms with Gasteiger partial charge in [-0.1, -0.05) is 0 Å². The van der Waals surface area contributed by atoms with E-state index in [1.165, 1.54) is 11.1 Å². The number of allylic oxidation sites excluding steroid dienone is 2. The number of anilines is 2. The van der Waals surface area contributed by atoms with E-state index in [0.717, 1.165) is 29.9 Å². The predicted molar refractivity (Wildman–Crippen MR) is 70.9 cm³/mol. The van der Waals surface area contributed by atoms with Crippen LogP contribution in [0.3, 0.4) is 0 Å². The lowest BCUT2D eigenvalue weighted by molar-refractivity contribution is -0.115. The minimum Gasteiger partial charge on any atom is -0.397 e. The molecule has 0 heterocycles. The molecule has 1 aliphatic rings. The van der Waals surface area contributed by atoms with E-state index in [-0.39, 0.29) is 5.78 Å². The molecule has 3 N–H and O–H groups in total. The number of nitrogens with one attached hydrogen (secondary N) is 1. The molecule has 0 amide bonds. The lowest BCUT2D eigenvalue weighted by atomic mass is 10.0. The number of hydrogen-bond acceptors (Lipinski definition) is 3. The number of nitrogen functional groups attached to an aromatic ring is 1. The number of aryl methyl sites for hydroxylation is 2. The van der Waals surface area contributed by atoms with Gasteiger partial charge in [-0.3, -0.25) is 4.79 Å². The van der Waals surface area contributed by atoms with E-state index < -0.39 is 0 Å². The van der Waals surface area contributed by atoms with Crippen LogP contribution >= 0.6 is 0 Å². The molecule has 0 saturated carbocycles. The zero-order chi connectivity index (χ0) is 12.4. The Kier molecular flexibility index (Phi) is 3.18. The van der Waals surface area contributed by atoms with Crippen LogP contribution in [0.15, 0.2) is 23.9 Å². The van der Waals surface area contributed by atoms with Crippen molar-refractivity contribution in [2.24, 2.45) is 0 Å². The Morgan fingerprint density at radius 3 is 2.59 bits per heavy atom. The molecule has 3 nitrogen and oxygen atoms in total. The van der Waals surface area contributed by atoms with Gasteiger partial charge in [0.05, 0.1) is 11.4 Å². The summed E-state index contributed by atoms with van der Waals surface area (Å²) in [6.07, 6.45) is 4.19. The maximum Gasteiger partial charge on any atom is 0.157 e. The maximum absolute atomic E-state index is 11.3. The van der Waals surface area contributed by atoms with Crippen LogP contribution in [0, 0.1) is 13.8 Å². The van der Waals surface area contributed by atoms with Crippen molar-refractivity contribution in [2.45, 2.75) is 33.1 Å². The normalized spacial score (nSPS) is 15.6. The van der Waals surface area contributed by atoms with Crippen LogP contribution < -0.4 is 11.1 Å². The summed E-state index contributed by atoms with van der Waals surface area (Å²) in [4.78, 5) is 11.3. The van der Waals surface area contributed by atoms with Gasteiger partial charge in [-0.2, -0.15) is 0 Å². The summed E-state index contributed by atoms with van der Waals surface area (Å²) in [6.45, 7) is 4.10. The van der Waals surface area contributed by atoms with Gasteiger partial charge in [0.2, 0.25) is 0 Å². The van der Waals surface area contributed by atoms with E-state index >= 15 is 0 Å². The van der Waals surface area contributed by atoms with Crippen molar-refractivity contribution < 1.29 is 4.79 Å². The molecule has 1 aromatic rings. The quantitative estimate of drug-likeness (QED) is 0.768. The van der Waals surface area contributed by atoms with Gasteiger partial charge in [0.1, 0.15) is 0 Å². The van der Waals surface area contributed by atoms with E-state index in [0.29, 0.717) is 6.42 Å². The van der Waals surface area contributed by atoms with Crippen LogP contribution in [0.5, 0.6) is 0 Å². The van der Waals surface area contributed by atoms with Crippen molar-refractivity contribution in [1.29, 1.82) is 0 Å². The maximum atomic E-state index is 11.3. The summed E-state index contributed by atoms with van der Waals surface area (Å²) in [5.74, 6) is 0.196. The minimum atomic E-state index is 0.196. The predicted octanol–water partition coefficient (Wildman–Crippen LogP) is 2.93. The zero-order valence-electron chi connectivity index (χ0n) is 10.3. The second-order valence-corrected chi connectivity index (χ2v) is 4.64. The lowest BCUT2D eigenvalue weighted by Crippen LogP contribution is -2.10. The largest absolute Gasteiger partial charge is 0.397 e. The second kappa shape index (κ2) is 4.62. The molecular formula is C14H18N2O. The van der Waals surface area contributed by atoms with Gasteiger partial charge in [-0.15, -0.1) is 0 Å². The van der Waals surface area contributed by atoms with Crippen molar-refractivity contribution in [3.63, 3.8) is 0 Å². The third kappa shape index (κ3) is 2.67. The Morgan fingerprint density at radius 1 is 1.18 bits per heavy atom. The molecule has 17 heavy (non-hydrogen) atoms. The van der Waals surface area contributed by atoms with E-state index in [2.05, 4.69) is 12.2 Å². The van der Waals surface area contributed by atoms with Crippen LogP contribution in [-0.2, 0) is 4.79 Å². The van der Waals surface area contributed by atoms with E-state index in [1.807, 2.05) is 19.1 Å². The van der Waals surface area contributed by atoms with Crippen molar-refractivity contribution in [3.05, 3.63) is 35.0 Å². The van der Waals surface area contributed by atoms with Gasteiger partial charge in [-0.25, -0.2) is 0 Å². The van der Waals surface area contributed by atoms with Gasteiger partial charge >= 0.3 is 0 Å². The fraction of sp³-hybridized carbons (Fsp3) is 0.357. The Bertz CT molecular complexity index is 489. The summed E-state index contributed by atoms with van der Waals surface area (Å²) in [5, 5.41) is 3.26. The molecule has 0 atom stereocenters. The lowest BCUT2D eigenvalue weighted by Gasteiger charge is -2.17. The number of carbonyl (C=O) groups excluding carboxylic acids is 1. The average Bonchev–Trinajstić information content (AvgIpc) is 2.26. The molecule has 1 aromatic carbocycles. The first-order valence-corrected chi connectivity index (χ1v) is 5.93. The van der Waals surface area contributed by atoms with Crippen LogP contribution in [0.25, 0.3) is 0 Å². The molecule has 3 heteroatoms. The molecular weight excluding hydrogens is 212 g/mol. The standard InChI is InChI=1S/C14H18N2O/c1-9-6-13(15)14(7-10(9)2)16-11-4-3-5-12(17)8-11/h6-8,16H,3-5,15H2,1-2H3. The number of nitrogens with two attached hydrogens (primary N) is 1. The first-order chi connectivity index (χ1) is 8.06. The molecule has 0 unspecified atom stereocenters. The smallest absolute Gasteiger partial charge is 0.157 e. The Morgan fingerprint density at radius 2 is 1.88 bits per heavy atom. The van der Waals surface area contributed by atoms with Crippen molar-refractivity contribution in [3.8, 4) is 0 Å². The fourth-order valence-electron chi connectivity index (χ4n) is 2.01. The van der Waals surface area contributed by atoms with Crippen molar-refractivity contribution in [2.75, 3.05) is 11.1 Å². The number of ketones is 1. The highest BCUT2D eigenvalue weighted by Crippen LogP contribution is 2.26. The first kappa shape index (κ1) is 11.7. The fourth-order valence-corrected chi connectivity index (χ4v) is 2.01. The Labute approximate surface area is 102 Å². The Balaban J connectivity index is 2.24. The second-order valence-electron chi connectivity index (χ2n) is 4.64. The van der Waals surface area contributed by atoms with Gasteiger partial charge in [0.15, 0.2) is 5.78 Å². The topological polar surface area (TPSA) is 55.1 Å². The molecule has 0 saturated heterocycles. The number of rotatable bonds is 2. The molecule has 90 valence electrons. The summed E-state index contributed by atoms with van der Waals surface area (Å²) in [7, 11) is 0. The summed E-state index contributed by atoms with van der Waals surface area (Å²) in [5.41, 5.74) is 10.9. The van der Waals surface area contributed by atoms with Gasteiger partial charge < -0.3 is 11.1 Å². The molecule has 0 aliphatic heterocycles. The highest BCUT2D eigenvalue weighted by Gasteiger charge is 2.11. The molecule has 0 fully saturated rings. The molecule has 0 bridgehead atoms. The number of hydrogen-bond donors (Lipinski definition) is 2. The summed E-state index contributed by atoms with van der Waals surface area (Å²) >= 11 is 0. The van der Waals surface area contributed by atoms with E-state index in [9.17, 15) is 4.79 Å². The molecule has 1 aliphatic carbocycles. The summed E-state index contributed by atoms with van der Waals surface area (Å²) < 4.78 is 0. The highest BCUT2D eigenvalue weighted by molar-refractivity contribution is 5.92. The van der Waals surface area contributed by atoms with Crippen LogP contribution in [0.4, 0.5) is 11.4 Å². The van der Waals surface area contributed by atoms with E-state index in [1.54, 1.807) is 6.08 Å². The van der Waals surface area contributed by atoms with Crippen LogP contribution in [0.2, 0.25) is 0 Å². The van der Waals surface area contributed by atoms with Crippen molar-refractivity contribution in [1.82, 2.24) is 0 Å². The third-order valence-electron chi connectivity index (χ3n) is 3.17. The van der Waals surface area contributed by atoms with Gasteiger partial charge in [-0.05, 0) is 49.9 Å². The molecule has 0 aromatic heterocycles.